The van der Waals surface area contributed by atoms with Crippen molar-refractivity contribution in [3.63, 3.8) is 0 Å². The molecule has 0 radical (unpaired) electrons. The molecule has 2 aliphatic heterocycles. The minimum absolute atomic E-state index is 0.00184. The highest BCUT2D eigenvalue weighted by molar-refractivity contribution is 7.22. The summed E-state index contributed by atoms with van der Waals surface area (Å²) < 4.78 is 43.0. The average molecular weight is 587 g/mol. The first-order valence-corrected chi connectivity index (χ1v) is 13.9. The predicted molar refractivity (Wildman–Crippen MR) is 150 cm³/mol. The lowest BCUT2D eigenvalue weighted by atomic mass is 10.0. The Bertz CT molecular complexity index is 1660. The Kier molecular flexibility index (Phi) is 6.93. The molecule has 1 atom stereocenters. The third-order valence-electron chi connectivity index (χ3n) is 7.30. The van der Waals surface area contributed by atoms with E-state index in [-0.39, 0.29) is 72.3 Å². The molecular formula is C27H25ClF2N6O3S. The van der Waals surface area contributed by atoms with E-state index in [1.54, 1.807) is 4.90 Å². The van der Waals surface area contributed by atoms with Crippen molar-refractivity contribution >= 4 is 55.1 Å². The standard InChI is InChI=1S/C27H25ClF2N6O3S/c1-3-19(37)36-10-14(11-36)39-25-16-9-17(28)20(15-6-7-18(29)24-23(15)32-26(31)40-24)21(30)22(16)33-27(34-25)38-12-13-5-4-8-35(13)2/h3,6-7,9,13-14H,1,4-5,8,10-12H2,2H3,(H2,31,32). The number of nitrogens with two attached hydrogens (primary N) is 1. The van der Waals surface area contributed by atoms with Crippen LogP contribution in [0.3, 0.4) is 0 Å². The topological polar surface area (TPSA) is 107 Å². The number of nitrogen functional groups attached to an aromatic ring is 1. The van der Waals surface area contributed by atoms with Crippen LogP contribution in [-0.2, 0) is 4.79 Å². The molecule has 208 valence electrons. The molecule has 40 heavy (non-hydrogen) atoms. The van der Waals surface area contributed by atoms with Crippen molar-refractivity contribution in [3.05, 3.63) is 47.5 Å². The van der Waals surface area contributed by atoms with Crippen LogP contribution >= 0.6 is 22.9 Å². The maximum Gasteiger partial charge on any atom is 0.320 e. The fourth-order valence-electron chi connectivity index (χ4n) is 5.08. The quantitative estimate of drug-likeness (QED) is 0.311. The predicted octanol–water partition coefficient (Wildman–Crippen LogP) is 4.67. The Labute approximate surface area is 237 Å². The van der Waals surface area contributed by atoms with E-state index < -0.39 is 11.6 Å². The van der Waals surface area contributed by atoms with Gasteiger partial charge in [0.15, 0.2) is 10.9 Å². The van der Waals surface area contributed by atoms with Gasteiger partial charge in [-0.05, 0) is 50.7 Å². The van der Waals surface area contributed by atoms with E-state index in [9.17, 15) is 9.18 Å². The SMILES string of the molecule is C=CC(=O)N1CC(Oc2nc(OCC3CCCN3C)nc3c(F)c(-c4ccc(F)c5sc(N)nc45)c(Cl)cc23)C1. The first-order chi connectivity index (χ1) is 19.2. The second-order valence-corrected chi connectivity index (χ2v) is 11.3. The number of anilines is 1. The Hall–Kier alpha value is -3.61. The summed E-state index contributed by atoms with van der Waals surface area (Å²) in [7, 11) is 2.02. The number of hydrogen-bond donors (Lipinski definition) is 1. The fraction of sp³-hybridized carbons (Fsp3) is 0.333. The minimum atomic E-state index is -0.755. The van der Waals surface area contributed by atoms with Gasteiger partial charge in [0, 0.05) is 17.2 Å². The van der Waals surface area contributed by atoms with Crippen molar-refractivity contribution in [3.8, 4) is 23.0 Å². The molecule has 1 amide bonds. The van der Waals surface area contributed by atoms with Crippen molar-refractivity contribution in [1.82, 2.24) is 24.8 Å². The molecular weight excluding hydrogens is 562 g/mol. The van der Waals surface area contributed by atoms with Crippen molar-refractivity contribution in [2.24, 2.45) is 0 Å². The number of likely N-dealkylation sites (N-methyl/N-ethyl adjacent to an activating group) is 1. The fourth-order valence-corrected chi connectivity index (χ4v) is 6.14. The molecule has 2 aliphatic rings. The third kappa shape index (κ3) is 4.69. The molecule has 4 heterocycles. The zero-order valence-corrected chi connectivity index (χ0v) is 23.1. The average Bonchev–Trinajstić information content (AvgIpc) is 3.51. The molecule has 0 bridgehead atoms. The normalized spacial score (nSPS) is 17.9. The van der Waals surface area contributed by atoms with Gasteiger partial charge < -0.3 is 25.0 Å². The smallest absolute Gasteiger partial charge is 0.320 e. The molecule has 2 N–H and O–H groups in total. The summed E-state index contributed by atoms with van der Waals surface area (Å²) in [6.45, 7) is 5.44. The van der Waals surface area contributed by atoms with E-state index in [1.807, 2.05) is 7.05 Å². The number of amides is 1. The van der Waals surface area contributed by atoms with E-state index in [0.29, 0.717) is 19.7 Å². The maximum atomic E-state index is 16.4. The number of aromatic nitrogens is 3. The Morgan fingerprint density at radius 3 is 2.80 bits per heavy atom. The first-order valence-electron chi connectivity index (χ1n) is 12.7. The summed E-state index contributed by atoms with van der Waals surface area (Å²) in [6.07, 6.45) is 2.89. The van der Waals surface area contributed by atoms with E-state index in [2.05, 4.69) is 26.4 Å². The van der Waals surface area contributed by atoms with Crippen LogP contribution in [0.15, 0.2) is 30.9 Å². The summed E-state index contributed by atoms with van der Waals surface area (Å²) in [5.74, 6) is -1.39. The van der Waals surface area contributed by atoms with Crippen LogP contribution in [0, 0.1) is 11.6 Å². The number of nitrogens with zero attached hydrogens (tertiary/aromatic N) is 5. The largest absolute Gasteiger partial charge is 0.470 e. The number of thiazole rings is 1. The lowest BCUT2D eigenvalue weighted by molar-refractivity contribution is -0.134. The van der Waals surface area contributed by atoms with Gasteiger partial charge in [-0.1, -0.05) is 29.5 Å². The van der Waals surface area contributed by atoms with Gasteiger partial charge in [-0.3, -0.25) is 4.79 Å². The van der Waals surface area contributed by atoms with Gasteiger partial charge in [-0.25, -0.2) is 13.8 Å². The van der Waals surface area contributed by atoms with Crippen molar-refractivity contribution in [2.75, 3.05) is 39.0 Å². The highest BCUT2D eigenvalue weighted by Crippen LogP contribution is 2.42. The Balaban J connectivity index is 1.43. The highest BCUT2D eigenvalue weighted by atomic mass is 35.5. The first kappa shape index (κ1) is 26.6. The zero-order valence-electron chi connectivity index (χ0n) is 21.5. The summed E-state index contributed by atoms with van der Waals surface area (Å²) in [5.41, 5.74) is 6.25. The number of fused-ring (bicyclic) bond motifs is 2. The van der Waals surface area contributed by atoms with Gasteiger partial charge in [0.2, 0.25) is 11.8 Å². The summed E-state index contributed by atoms with van der Waals surface area (Å²) in [6, 6.07) is 4.29. The second kappa shape index (κ2) is 10.4. The number of halogens is 3. The van der Waals surface area contributed by atoms with E-state index in [1.165, 1.54) is 24.3 Å². The number of rotatable bonds is 7. The second-order valence-electron chi connectivity index (χ2n) is 9.85. The van der Waals surface area contributed by atoms with Gasteiger partial charge in [0.25, 0.3) is 0 Å². The van der Waals surface area contributed by atoms with Crippen LogP contribution in [0.25, 0.3) is 32.2 Å². The van der Waals surface area contributed by atoms with E-state index in [4.69, 9.17) is 26.8 Å². The number of likely N-dealkylation sites (tertiary alicyclic amines) is 2. The van der Waals surface area contributed by atoms with E-state index >= 15 is 4.39 Å². The lowest BCUT2D eigenvalue weighted by Crippen LogP contribution is -2.55. The molecule has 0 spiro atoms. The minimum Gasteiger partial charge on any atom is -0.470 e. The van der Waals surface area contributed by atoms with Crippen LogP contribution < -0.4 is 15.2 Å². The van der Waals surface area contributed by atoms with Crippen molar-refractivity contribution < 1.29 is 23.0 Å². The van der Waals surface area contributed by atoms with Gasteiger partial charge in [-0.15, -0.1) is 0 Å². The van der Waals surface area contributed by atoms with E-state index in [0.717, 1.165) is 30.7 Å². The molecule has 6 rings (SSSR count). The number of hydrogen-bond acceptors (Lipinski definition) is 9. The highest BCUT2D eigenvalue weighted by Gasteiger charge is 2.33. The van der Waals surface area contributed by atoms with Gasteiger partial charge in [-0.2, -0.15) is 9.97 Å². The van der Waals surface area contributed by atoms with Gasteiger partial charge in [0.05, 0.1) is 33.7 Å². The molecule has 2 saturated heterocycles. The molecule has 2 aromatic heterocycles. The van der Waals surface area contributed by atoms with Crippen LogP contribution in [-0.4, -0.2) is 76.1 Å². The van der Waals surface area contributed by atoms with Crippen LogP contribution in [0.1, 0.15) is 12.8 Å². The number of ether oxygens (including phenoxy) is 2. The molecule has 0 aliphatic carbocycles. The molecule has 13 heteroatoms. The number of benzene rings is 2. The molecule has 2 aromatic carbocycles. The van der Waals surface area contributed by atoms with Crippen LogP contribution in [0.2, 0.25) is 5.02 Å². The van der Waals surface area contributed by atoms with Crippen LogP contribution in [0.4, 0.5) is 13.9 Å². The van der Waals surface area contributed by atoms with Crippen LogP contribution in [0.5, 0.6) is 11.9 Å². The summed E-state index contributed by atoms with van der Waals surface area (Å²) >= 11 is 7.60. The zero-order chi connectivity index (χ0) is 28.1. The van der Waals surface area contributed by atoms with Crippen molar-refractivity contribution in [2.45, 2.75) is 25.0 Å². The number of carbonyl (C=O) groups excluding carboxylic acids is 1. The monoisotopic (exact) mass is 586 g/mol. The summed E-state index contributed by atoms with van der Waals surface area (Å²) in [4.78, 5) is 28.7. The lowest BCUT2D eigenvalue weighted by Gasteiger charge is -2.38. The Morgan fingerprint density at radius 1 is 1.27 bits per heavy atom. The summed E-state index contributed by atoms with van der Waals surface area (Å²) in [5, 5.41) is 0.422. The van der Waals surface area contributed by atoms with Crippen molar-refractivity contribution in [1.29, 1.82) is 0 Å². The number of carbonyl (C=O) groups is 1. The molecule has 9 nitrogen and oxygen atoms in total. The Morgan fingerprint density at radius 2 is 2.08 bits per heavy atom. The maximum absolute atomic E-state index is 16.4. The molecule has 2 fully saturated rings. The third-order valence-corrected chi connectivity index (χ3v) is 8.49. The van der Waals surface area contributed by atoms with Gasteiger partial charge in [0.1, 0.15) is 24.0 Å². The van der Waals surface area contributed by atoms with Gasteiger partial charge >= 0.3 is 6.01 Å². The molecule has 0 saturated carbocycles. The molecule has 4 aromatic rings. The molecule has 1 unspecified atom stereocenters.